The zero-order valence-electron chi connectivity index (χ0n) is 21.0. The molecule has 0 amide bonds. The van der Waals surface area contributed by atoms with Crippen LogP contribution in [0.15, 0.2) is 89.5 Å². The molecule has 38 heavy (non-hydrogen) atoms. The maximum Gasteiger partial charge on any atom is 0.333 e. The molecule has 2 bridgehead atoms. The first-order valence-electron chi connectivity index (χ1n) is 13.1. The lowest BCUT2D eigenvalue weighted by Crippen LogP contribution is -2.64. The summed E-state index contributed by atoms with van der Waals surface area (Å²) in [6.07, 6.45) is 1.81. The van der Waals surface area contributed by atoms with Crippen molar-refractivity contribution in [2.75, 3.05) is 25.0 Å². The van der Waals surface area contributed by atoms with E-state index >= 15 is 0 Å². The normalized spacial score (nSPS) is 23.1. The summed E-state index contributed by atoms with van der Waals surface area (Å²) >= 11 is 0. The molecule has 0 unspecified atom stereocenters. The lowest BCUT2D eigenvalue weighted by molar-refractivity contribution is -0.958. The number of hydrogen-bond donors (Lipinski definition) is 1. The summed E-state index contributed by atoms with van der Waals surface area (Å²) < 4.78 is 25.8. The zero-order valence-corrected chi connectivity index (χ0v) is 21.0. The summed E-state index contributed by atoms with van der Waals surface area (Å²) in [6, 6.07) is 24.8. The fourth-order valence-electron chi connectivity index (χ4n) is 5.75. The molecule has 1 N–H and O–H groups in total. The zero-order chi connectivity index (χ0) is 26.0. The van der Waals surface area contributed by atoms with Crippen LogP contribution >= 0.6 is 0 Å². The molecule has 3 aliphatic heterocycles. The van der Waals surface area contributed by atoms with E-state index in [9.17, 15) is 9.18 Å². The van der Waals surface area contributed by atoms with Crippen LogP contribution in [0.25, 0.3) is 11.5 Å². The van der Waals surface area contributed by atoms with Gasteiger partial charge in [0.25, 0.3) is 5.89 Å². The topological polar surface area (TPSA) is 77.2 Å². The van der Waals surface area contributed by atoms with E-state index in [1.165, 1.54) is 12.1 Å². The summed E-state index contributed by atoms with van der Waals surface area (Å²) in [4.78, 5) is 18.2. The summed E-state index contributed by atoms with van der Waals surface area (Å²) in [7, 11) is 0. The van der Waals surface area contributed by atoms with Crippen molar-refractivity contribution in [1.82, 2.24) is 10.1 Å². The lowest BCUT2D eigenvalue weighted by Gasteiger charge is -2.51. The average Bonchev–Trinajstić information content (AvgIpc) is 3.41. The molecular formula is C30H30FN4O3+. The molecule has 0 spiro atoms. The van der Waals surface area contributed by atoms with Crippen molar-refractivity contribution in [1.29, 1.82) is 0 Å². The van der Waals surface area contributed by atoms with Gasteiger partial charge in [-0.1, -0.05) is 53.7 Å². The molecule has 3 saturated heterocycles. The number of nitrogens with zero attached hydrogens (tertiary/aromatic N) is 3. The third-order valence-corrected chi connectivity index (χ3v) is 7.80. The molecule has 4 aromatic rings. The minimum Gasteiger partial charge on any atom is -0.454 e. The van der Waals surface area contributed by atoms with E-state index in [2.05, 4.69) is 15.5 Å². The molecule has 3 aliphatic rings. The molecule has 2 atom stereocenters. The number of para-hydroxylation sites is 1. The van der Waals surface area contributed by atoms with Crippen LogP contribution < -0.4 is 5.32 Å². The highest BCUT2D eigenvalue weighted by Gasteiger charge is 2.48. The number of fused-ring (bicyclic) bond motifs is 3. The van der Waals surface area contributed by atoms with Gasteiger partial charge in [0, 0.05) is 30.0 Å². The van der Waals surface area contributed by atoms with Crippen LogP contribution in [0.5, 0.6) is 0 Å². The van der Waals surface area contributed by atoms with Crippen LogP contribution in [-0.4, -0.2) is 46.3 Å². The molecule has 7 nitrogen and oxygen atoms in total. The molecule has 0 aliphatic carbocycles. The Morgan fingerprint density at radius 1 is 1.00 bits per heavy atom. The van der Waals surface area contributed by atoms with Crippen molar-refractivity contribution in [2.24, 2.45) is 5.92 Å². The van der Waals surface area contributed by atoms with Gasteiger partial charge < -0.3 is 19.1 Å². The monoisotopic (exact) mass is 513 g/mol. The standard InChI is InChI=1S/C30H30FN4O3/c31-24-13-11-23(12-14-24)29-33-27(34-38-29)20-35-17-15-21(16-18-35)26(19-35)37-30(36)28(22-7-3-1-4-8-22)32-25-9-5-2-6-10-25/h1-14,21,26,28,32H,15-20H2/q+1/t21?,26-,28+,35?/m0/s1. The molecule has 7 rings (SSSR count). The summed E-state index contributed by atoms with van der Waals surface area (Å²) in [6.45, 7) is 3.31. The number of piperidine rings is 3. The van der Waals surface area contributed by atoms with Crippen LogP contribution in [0.3, 0.4) is 0 Å². The first-order valence-corrected chi connectivity index (χ1v) is 13.1. The number of ether oxygens (including phenoxy) is 1. The number of carbonyl (C=O) groups excluding carboxylic acids is 1. The van der Waals surface area contributed by atoms with E-state index < -0.39 is 6.04 Å². The van der Waals surface area contributed by atoms with Crippen molar-refractivity contribution in [3.8, 4) is 11.5 Å². The molecule has 3 fully saturated rings. The predicted molar refractivity (Wildman–Crippen MR) is 140 cm³/mol. The number of quaternary nitrogens is 1. The van der Waals surface area contributed by atoms with E-state index in [0.717, 1.165) is 48.2 Å². The fourth-order valence-corrected chi connectivity index (χ4v) is 5.75. The molecule has 0 saturated carbocycles. The van der Waals surface area contributed by atoms with Gasteiger partial charge in [-0.05, 0) is 42.0 Å². The number of esters is 1. The number of halogens is 1. The molecule has 194 valence electrons. The van der Waals surface area contributed by atoms with Gasteiger partial charge in [0.15, 0.2) is 12.1 Å². The third kappa shape index (κ3) is 5.17. The van der Waals surface area contributed by atoms with Crippen molar-refractivity contribution < 1.29 is 22.9 Å². The van der Waals surface area contributed by atoms with Crippen molar-refractivity contribution in [3.63, 3.8) is 0 Å². The fraction of sp³-hybridized carbons (Fsp3) is 0.300. The quantitative estimate of drug-likeness (QED) is 0.252. The van der Waals surface area contributed by atoms with Crippen LogP contribution in [0.4, 0.5) is 10.1 Å². The van der Waals surface area contributed by atoms with Crippen molar-refractivity contribution in [3.05, 3.63) is 102 Å². The number of benzene rings is 3. The number of hydrogen-bond acceptors (Lipinski definition) is 6. The summed E-state index contributed by atoms with van der Waals surface area (Å²) in [5.41, 5.74) is 2.42. The predicted octanol–water partition coefficient (Wildman–Crippen LogP) is 5.38. The smallest absolute Gasteiger partial charge is 0.333 e. The highest BCUT2D eigenvalue weighted by molar-refractivity contribution is 5.81. The van der Waals surface area contributed by atoms with E-state index in [0.29, 0.717) is 29.7 Å². The minimum absolute atomic E-state index is 0.169. The Hall–Kier alpha value is -4.04. The van der Waals surface area contributed by atoms with Crippen LogP contribution in [-0.2, 0) is 16.1 Å². The first kappa shape index (κ1) is 24.3. The molecule has 1 aromatic heterocycles. The van der Waals surface area contributed by atoms with Crippen LogP contribution in [0.2, 0.25) is 0 Å². The van der Waals surface area contributed by atoms with Gasteiger partial charge in [-0.3, -0.25) is 0 Å². The van der Waals surface area contributed by atoms with Crippen molar-refractivity contribution in [2.45, 2.75) is 31.5 Å². The Balaban J connectivity index is 1.17. The molecular weight excluding hydrogens is 483 g/mol. The number of aromatic nitrogens is 2. The van der Waals surface area contributed by atoms with Gasteiger partial charge in [-0.25, -0.2) is 9.18 Å². The number of nitrogens with one attached hydrogen (secondary N) is 1. The maximum absolute atomic E-state index is 13.6. The lowest BCUT2D eigenvalue weighted by atomic mass is 9.83. The number of anilines is 1. The van der Waals surface area contributed by atoms with E-state index in [1.54, 1.807) is 12.1 Å². The molecule has 0 radical (unpaired) electrons. The van der Waals surface area contributed by atoms with Gasteiger partial charge >= 0.3 is 5.97 Å². The van der Waals surface area contributed by atoms with Gasteiger partial charge in [0.05, 0.1) is 13.1 Å². The van der Waals surface area contributed by atoms with Gasteiger partial charge in [-0.2, -0.15) is 4.98 Å². The Bertz CT molecular complexity index is 1370. The Morgan fingerprint density at radius 2 is 1.68 bits per heavy atom. The van der Waals surface area contributed by atoms with Gasteiger partial charge in [0.1, 0.15) is 18.9 Å². The SMILES string of the molecule is O=C(O[C@H]1C[N+]2(Cc3noc(-c4ccc(F)cc4)n3)CCC1CC2)[C@H](Nc1ccccc1)c1ccccc1. The highest BCUT2D eigenvalue weighted by Crippen LogP contribution is 2.38. The molecule has 3 aromatic carbocycles. The largest absolute Gasteiger partial charge is 0.454 e. The Morgan fingerprint density at radius 3 is 2.39 bits per heavy atom. The second-order valence-corrected chi connectivity index (χ2v) is 10.3. The number of carbonyl (C=O) groups is 1. The Labute approximate surface area is 220 Å². The molecule has 4 heterocycles. The van der Waals surface area contributed by atoms with Crippen molar-refractivity contribution >= 4 is 11.7 Å². The van der Waals surface area contributed by atoms with Crippen LogP contribution in [0.1, 0.15) is 30.3 Å². The van der Waals surface area contributed by atoms with E-state index in [4.69, 9.17) is 9.26 Å². The van der Waals surface area contributed by atoms with E-state index in [-0.39, 0.29) is 17.9 Å². The second kappa shape index (κ2) is 10.4. The first-order chi connectivity index (χ1) is 18.6. The molecule has 8 heteroatoms. The second-order valence-electron chi connectivity index (χ2n) is 10.3. The number of rotatable bonds is 8. The van der Waals surface area contributed by atoms with Gasteiger partial charge in [0.2, 0.25) is 5.82 Å². The summed E-state index contributed by atoms with van der Waals surface area (Å²) in [5.74, 6) is 0.771. The van der Waals surface area contributed by atoms with Gasteiger partial charge in [-0.15, -0.1) is 0 Å². The third-order valence-electron chi connectivity index (χ3n) is 7.80. The summed E-state index contributed by atoms with van der Waals surface area (Å²) in [5, 5.41) is 7.57. The van der Waals surface area contributed by atoms with E-state index in [1.807, 2.05) is 60.7 Å². The minimum atomic E-state index is -0.599. The van der Waals surface area contributed by atoms with Crippen LogP contribution in [0, 0.1) is 11.7 Å². The Kier molecular flexibility index (Phi) is 6.64. The highest BCUT2D eigenvalue weighted by atomic mass is 19.1. The average molecular weight is 514 g/mol. The maximum atomic E-state index is 13.6.